The van der Waals surface area contributed by atoms with Crippen LogP contribution in [-0.4, -0.2) is 18.3 Å². The van der Waals surface area contributed by atoms with Gasteiger partial charge in [-0.3, -0.25) is 9.78 Å². The first-order valence-corrected chi connectivity index (χ1v) is 5.33. The van der Waals surface area contributed by atoms with Gasteiger partial charge in [0, 0.05) is 17.3 Å². The number of nitrogens with two attached hydrogens (primary N) is 1. The first-order chi connectivity index (χ1) is 8.83. The van der Waals surface area contributed by atoms with E-state index in [0.29, 0.717) is 11.1 Å². The Kier molecular flexibility index (Phi) is 5.23. The molecule has 0 radical (unpaired) electrons. The molecule has 1 aromatic carbocycles. The summed E-state index contributed by atoms with van der Waals surface area (Å²) < 4.78 is 0. The van der Waals surface area contributed by atoms with Crippen LogP contribution in [0.5, 0.6) is 0 Å². The second kappa shape index (κ2) is 6.94. The first kappa shape index (κ1) is 13.6. The van der Waals surface area contributed by atoms with E-state index in [1.54, 1.807) is 30.3 Å². The maximum atomic E-state index is 10.6. The molecule has 0 saturated heterocycles. The number of nitriles is 1. The molecule has 0 atom stereocenters. The fourth-order valence-corrected chi connectivity index (χ4v) is 1.40. The Hall–Kier alpha value is -2.51. The molecule has 1 heterocycles. The molecule has 1 aromatic heterocycles. The third-order valence-electron chi connectivity index (χ3n) is 2.21. The Balaban J connectivity index is 0.000000771. The molecule has 0 bridgehead atoms. The summed E-state index contributed by atoms with van der Waals surface area (Å²) in [5.41, 5.74) is 7.26. The van der Waals surface area contributed by atoms with Gasteiger partial charge in [-0.25, -0.2) is 0 Å². The van der Waals surface area contributed by atoms with Gasteiger partial charge in [-0.1, -0.05) is 18.2 Å². The number of hydrogen-bond acceptors (Lipinski definition) is 4. The Morgan fingerprint density at radius 3 is 2.61 bits per heavy atom. The molecule has 0 aliphatic heterocycles. The van der Waals surface area contributed by atoms with Crippen LogP contribution in [0.1, 0.15) is 15.9 Å². The molecule has 0 spiro atoms. The average Bonchev–Trinajstić information content (AvgIpc) is 2.49. The Labute approximate surface area is 106 Å². The highest BCUT2D eigenvalue weighted by Gasteiger charge is 2.00. The van der Waals surface area contributed by atoms with Crippen LogP contribution in [0.25, 0.3) is 11.3 Å². The summed E-state index contributed by atoms with van der Waals surface area (Å²) >= 11 is 0. The zero-order valence-electron chi connectivity index (χ0n) is 10.00. The first-order valence-electron chi connectivity index (χ1n) is 5.33. The lowest BCUT2D eigenvalue weighted by Gasteiger charge is -2.00. The number of hydrogen-bond donors (Lipinski definition) is 1. The zero-order chi connectivity index (χ0) is 13.4. The van der Waals surface area contributed by atoms with Crippen molar-refractivity contribution in [2.24, 2.45) is 5.73 Å². The van der Waals surface area contributed by atoms with Crippen molar-refractivity contribution < 1.29 is 4.79 Å². The molecule has 90 valence electrons. The van der Waals surface area contributed by atoms with Crippen LogP contribution in [0.15, 0.2) is 42.6 Å². The second-order valence-electron chi connectivity index (χ2n) is 3.29. The van der Waals surface area contributed by atoms with E-state index in [2.05, 4.69) is 10.7 Å². The lowest BCUT2D eigenvalue weighted by atomic mass is 10.1. The standard InChI is InChI=1S/C13H8N2O.CH5N/c14-7-11-4-5-13(15-8-11)12-3-1-2-10(6-12)9-16;1-2/h1-6,8-9H;2H2,1H3. The molecule has 0 saturated carbocycles. The van der Waals surface area contributed by atoms with Gasteiger partial charge in [-0.05, 0) is 25.2 Å². The molecule has 4 nitrogen and oxygen atoms in total. The van der Waals surface area contributed by atoms with Crippen molar-refractivity contribution in [1.29, 1.82) is 5.26 Å². The third-order valence-corrected chi connectivity index (χ3v) is 2.21. The van der Waals surface area contributed by atoms with Crippen molar-refractivity contribution in [3.8, 4) is 17.3 Å². The Morgan fingerprint density at radius 1 is 1.28 bits per heavy atom. The summed E-state index contributed by atoms with van der Waals surface area (Å²) in [4.78, 5) is 14.8. The van der Waals surface area contributed by atoms with E-state index in [0.717, 1.165) is 17.5 Å². The monoisotopic (exact) mass is 239 g/mol. The van der Waals surface area contributed by atoms with Gasteiger partial charge in [0.1, 0.15) is 12.4 Å². The van der Waals surface area contributed by atoms with Gasteiger partial charge in [0.15, 0.2) is 0 Å². The number of rotatable bonds is 2. The van der Waals surface area contributed by atoms with Crippen LogP contribution < -0.4 is 5.73 Å². The molecule has 18 heavy (non-hydrogen) atoms. The summed E-state index contributed by atoms with van der Waals surface area (Å²) in [6.07, 6.45) is 2.32. The highest BCUT2D eigenvalue weighted by Crippen LogP contribution is 2.17. The molecule has 0 aliphatic carbocycles. The van der Waals surface area contributed by atoms with E-state index in [-0.39, 0.29) is 0 Å². The van der Waals surface area contributed by atoms with Gasteiger partial charge in [-0.15, -0.1) is 0 Å². The minimum Gasteiger partial charge on any atom is -0.333 e. The lowest BCUT2D eigenvalue weighted by Crippen LogP contribution is -1.86. The summed E-state index contributed by atoms with van der Waals surface area (Å²) in [5.74, 6) is 0. The van der Waals surface area contributed by atoms with E-state index in [1.165, 1.54) is 13.2 Å². The lowest BCUT2D eigenvalue weighted by molar-refractivity contribution is 0.112. The number of aromatic nitrogens is 1. The smallest absolute Gasteiger partial charge is 0.150 e. The van der Waals surface area contributed by atoms with E-state index in [4.69, 9.17) is 5.26 Å². The van der Waals surface area contributed by atoms with Crippen molar-refractivity contribution in [2.45, 2.75) is 0 Å². The molecule has 0 fully saturated rings. The van der Waals surface area contributed by atoms with Crippen LogP contribution in [-0.2, 0) is 0 Å². The number of nitrogens with zero attached hydrogens (tertiary/aromatic N) is 2. The minimum absolute atomic E-state index is 0.523. The van der Waals surface area contributed by atoms with Crippen molar-refractivity contribution in [1.82, 2.24) is 4.98 Å². The number of carbonyl (C=O) groups excluding carboxylic acids is 1. The van der Waals surface area contributed by atoms with E-state index < -0.39 is 0 Å². The predicted octanol–water partition coefficient (Wildman–Crippen LogP) is 2.01. The number of benzene rings is 1. The quantitative estimate of drug-likeness (QED) is 0.813. The number of pyridine rings is 1. The molecule has 4 heteroatoms. The van der Waals surface area contributed by atoms with Crippen LogP contribution in [0.3, 0.4) is 0 Å². The normalized spacial score (nSPS) is 8.72. The Bertz CT molecular complexity index is 556. The van der Waals surface area contributed by atoms with Gasteiger partial charge in [-0.2, -0.15) is 5.26 Å². The van der Waals surface area contributed by atoms with E-state index in [9.17, 15) is 4.79 Å². The maximum Gasteiger partial charge on any atom is 0.150 e. The predicted molar refractivity (Wildman–Crippen MR) is 69.9 cm³/mol. The number of carbonyl (C=O) groups is 1. The summed E-state index contributed by atoms with van der Waals surface area (Å²) in [5, 5.41) is 8.64. The molecule has 0 amide bonds. The highest BCUT2D eigenvalue weighted by atomic mass is 16.1. The molecule has 2 N–H and O–H groups in total. The molecule has 0 unspecified atom stereocenters. The van der Waals surface area contributed by atoms with Gasteiger partial charge < -0.3 is 5.73 Å². The largest absolute Gasteiger partial charge is 0.333 e. The highest BCUT2D eigenvalue weighted by molar-refractivity contribution is 5.78. The summed E-state index contributed by atoms with van der Waals surface area (Å²) in [6, 6.07) is 12.7. The second-order valence-corrected chi connectivity index (χ2v) is 3.29. The zero-order valence-corrected chi connectivity index (χ0v) is 10.00. The van der Waals surface area contributed by atoms with Gasteiger partial charge >= 0.3 is 0 Å². The van der Waals surface area contributed by atoms with Crippen molar-refractivity contribution in [3.63, 3.8) is 0 Å². The molecular formula is C14H13N3O. The van der Waals surface area contributed by atoms with E-state index >= 15 is 0 Å². The van der Waals surface area contributed by atoms with Crippen molar-refractivity contribution >= 4 is 6.29 Å². The SMILES string of the molecule is CN.N#Cc1ccc(-c2cccc(C=O)c2)nc1. The van der Waals surface area contributed by atoms with Crippen molar-refractivity contribution in [3.05, 3.63) is 53.7 Å². The molecule has 0 aliphatic rings. The van der Waals surface area contributed by atoms with Gasteiger partial charge in [0.05, 0.1) is 11.3 Å². The number of aldehydes is 1. The third kappa shape index (κ3) is 3.24. The summed E-state index contributed by atoms with van der Waals surface area (Å²) in [6.45, 7) is 0. The Morgan fingerprint density at radius 2 is 2.06 bits per heavy atom. The van der Waals surface area contributed by atoms with Crippen molar-refractivity contribution in [2.75, 3.05) is 7.05 Å². The topological polar surface area (TPSA) is 79.8 Å². The average molecular weight is 239 g/mol. The molecule has 2 rings (SSSR count). The summed E-state index contributed by atoms with van der Waals surface area (Å²) in [7, 11) is 1.50. The molecule has 2 aromatic rings. The van der Waals surface area contributed by atoms with Gasteiger partial charge in [0.2, 0.25) is 0 Å². The fraction of sp³-hybridized carbons (Fsp3) is 0.0714. The maximum absolute atomic E-state index is 10.6. The van der Waals surface area contributed by atoms with Crippen LogP contribution in [0, 0.1) is 11.3 Å². The van der Waals surface area contributed by atoms with Crippen LogP contribution >= 0.6 is 0 Å². The van der Waals surface area contributed by atoms with Crippen LogP contribution in [0.4, 0.5) is 0 Å². The minimum atomic E-state index is 0.523. The van der Waals surface area contributed by atoms with Crippen LogP contribution in [0.2, 0.25) is 0 Å². The van der Waals surface area contributed by atoms with E-state index in [1.807, 2.05) is 12.1 Å². The molecular weight excluding hydrogens is 226 g/mol. The van der Waals surface area contributed by atoms with Gasteiger partial charge in [0.25, 0.3) is 0 Å². The fourth-order valence-electron chi connectivity index (χ4n) is 1.40.